The molecule has 4 heteroatoms. The fraction of sp³-hybridized carbons (Fsp3) is 0.947. The summed E-state index contributed by atoms with van der Waals surface area (Å²) in [5.74, 6) is 0.848. The molecular weight excluding hydrogens is 292 g/mol. The SMILES string of the molecule is CC(C)(C)OC(=O)COC(C)(O)CC12CCC(C1)C1CCCC12. The van der Waals surface area contributed by atoms with Crippen LogP contribution in [0.1, 0.15) is 72.6 Å². The molecule has 4 nitrogen and oxygen atoms in total. The summed E-state index contributed by atoms with van der Waals surface area (Å²) in [6.07, 6.45) is 8.44. The summed E-state index contributed by atoms with van der Waals surface area (Å²) in [5, 5.41) is 10.7. The lowest BCUT2D eigenvalue weighted by molar-refractivity contribution is -0.223. The van der Waals surface area contributed by atoms with Crippen LogP contribution in [-0.4, -0.2) is 29.1 Å². The highest BCUT2D eigenvalue weighted by Crippen LogP contribution is 2.67. The second kappa shape index (κ2) is 5.73. The Morgan fingerprint density at radius 1 is 1.22 bits per heavy atom. The molecule has 0 aromatic carbocycles. The molecule has 5 atom stereocenters. The van der Waals surface area contributed by atoms with Crippen LogP contribution in [0.5, 0.6) is 0 Å². The molecule has 3 aliphatic rings. The highest BCUT2D eigenvalue weighted by atomic mass is 16.6. The predicted molar refractivity (Wildman–Crippen MR) is 87.6 cm³/mol. The number of hydrogen-bond acceptors (Lipinski definition) is 4. The maximum Gasteiger partial charge on any atom is 0.332 e. The van der Waals surface area contributed by atoms with Crippen LogP contribution >= 0.6 is 0 Å². The second-order valence-electron chi connectivity index (χ2n) is 9.29. The summed E-state index contributed by atoms with van der Waals surface area (Å²) in [6, 6.07) is 0. The summed E-state index contributed by atoms with van der Waals surface area (Å²) >= 11 is 0. The molecule has 2 bridgehead atoms. The van der Waals surface area contributed by atoms with Gasteiger partial charge >= 0.3 is 5.97 Å². The van der Waals surface area contributed by atoms with Crippen LogP contribution in [0, 0.1) is 23.2 Å². The molecule has 5 unspecified atom stereocenters. The van der Waals surface area contributed by atoms with Crippen molar-refractivity contribution in [2.24, 2.45) is 23.2 Å². The maximum absolute atomic E-state index is 11.8. The van der Waals surface area contributed by atoms with E-state index in [1.54, 1.807) is 6.92 Å². The van der Waals surface area contributed by atoms with E-state index in [0.717, 1.165) is 17.8 Å². The molecule has 0 aromatic heterocycles. The van der Waals surface area contributed by atoms with Crippen molar-refractivity contribution in [2.45, 2.75) is 84.0 Å². The lowest BCUT2D eigenvalue weighted by Crippen LogP contribution is -2.41. The molecule has 1 N–H and O–H groups in total. The quantitative estimate of drug-likeness (QED) is 0.619. The van der Waals surface area contributed by atoms with E-state index in [4.69, 9.17) is 9.47 Å². The Morgan fingerprint density at radius 2 is 1.96 bits per heavy atom. The number of rotatable bonds is 5. The first-order valence-electron chi connectivity index (χ1n) is 9.18. The van der Waals surface area contributed by atoms with Crippen LogP contribution < -0.4 is 0 Å². The van der Waals surface area contributed by atoms with Crippen molar-refractivity contribution in [1.29, 1.82) is 0 Å². The van der Waals surface area contributed by atoms with Crippen molar-refractivity contribution in [3.63, 3.8) is 0 Å². The molecule has 3 aliphatic carbocycles. The Morgan fingerprint density at radius 3 is 2.65 bits per heavy atom. The molecule has 3 rings (SSSR count). The van der Waals surface area contributed by atoms with Crippen LogP contribution in [0.3, 0.4) is 0 Å². The van der Waals surface area contributed by atoms with Crippen LogP contribution in [0.25, 0.3) is 0 Å². The van der Waals surface area contributed by atoms with Gasteiger partial charge in [0.15, 0.2) is 5.79 Å². The normalized spacial score (nSPS) is 38.4. The summed E-state index contributed by atoms with van der Waals surface area (Å²) in [5.41, 5.74) is -0.282. The molecule has 3 saturated carbocycles. The lowest BCUT2D eigenvalue weighted by Gasteiger charge is -2.40. The van der Waals surface area contributed by atoms with Crippen LogP contribution in [0.15, 0.2) is 0 Å². The van der Waals surface area contributed by atoms with E-state index in [-0.39, 0.29) is 12.0 Å². The molecular formula is C19H32O4. The van der Waals surface area contributed by atoms with Gasteiger partial charge in [-0.3, -0.25) is 0 Å². The van der Waals surface area contributed by atoms with E-state index in [1.807, 2.05) is 20.8 Å². The molecule has 0 aliphatic heterocycles. The first kappa shape index (κ1) is 17.2. The van der Waals surface area contributed by atoms with Crippen LogP contribution in [0.2, 0.25) is 0 Å². The van der Waals surface area contributed by atoms with Crippen molar-refractivity contribution in [3.05, 3.63) is 0 Å². The van der Waals surface area contributed by atoms with E-state index >= 15 is 0 Å². The first-order valence-corrected chi connectivity index (χ1v) is 9.18. The molecule has 0 saturated heterocycles. The van der Waals surface area contributed by atoms with Gasteiger partial charge in [-0.05, 0) is 83.0 Å². The Hall–Kier alpha value is -0.610. The number of hydrogen-bond donors (Lipinski definition) is 1. The molecule has 23 heavy (non-hydrogen) atoms. The van der Waals surface area contributed by atoms with Gasteiger partial charge in [0.1, 0.15) is 12.2 Å². The van der Waals surface area contributed by atoms with E-state index in [0.29, 0.717) is 6.42 Å². The number of ether oxygens (including phenoxy) is 2. The molecule has 132 valence electrons. The zero-order valence-electron chi connectivity index (χ0n) is 15.1. The largest absolute Gasteiger partial charge is 0.458 e. The van der Waals surface area contributed by atoms with E-state index in [9.17, 15) is 9.90 Å². The molecule has 0 aromatic rings. The minimum absolute atomic E-state index is 0.183. The van der Waals surface area contributed by atoms with Gasteiger partial charge in [-0.1, -0.05) is 6.42 Å². The van der Waals surface area contributed by atoms with Gasteiger partial charge in [0, 0.05) is 6.42 Å². The third-order valence-corrected chi connectivity index (χ3v) is 6.24. The molecule has 0 amide bonds. The smallest absolute Gasteiger partial charge is 0.332 e. The van der Waals surface area contributed by atoms with Crippen molar-refractivity contribution in [2.75, 3.05) is 6.61 Å². The minimum atomic E-state index is -1.25. The molecule has 0 heterocycles. The average Bonchev–Trinajstić information content (AvgIpc) is 3.05. The van der Waals surface area contributed by atoms with Crippen molar-refractivity contribution >= 4 is 5.97 Å². The van der Waals surface area contributed by atoms with Gasteiger partial charge < -0.3 is 14.6 Å². The fourth-order valence-electron chi connectivity index (χ4n) is 5.80. The van der Waals surface area contributed by atoms with Gasteiger partial charge in [-0.25, -0.2) is 4.79 Å². The predicted octanol–water partition coefficient (Wildman–Crippen LogP) is 3.66. The number of aliphatic hydroxyl groups is 1. The first-order chi connectivity index (χ1) is 10.6. The number of esters is 1. The van der Waals surface area contributed by atoms with E-state index in [2.05, 4.69) is 0 Å². The lowest BCUT2D eigenvalue weighted by atomic mass is 9.68. The summed E-state index contributed by atoms with van der Waals surface area (Å²) in [7, 11) is 0. The topological polar surface area (TPSA) is 55.8 Å². The fourth-order valence-corrected chi connectivity index (χ4v) is 5.80. The van der Waals surface area contributed by atoms with Gasteiger partial charge in [-0.15, -0.1) is 0 Å². The third kappa shape index (κ3) is 3.58. The third-order valence-electron chi connectivity index (χ3n) is 6.24. The Labute approximate surface area is 139 Å². The summed E-state index contributed by atoms with van der Waals surface area (Å²) in [4.78, 5) is 11.8. The molecule has 0 radical (unpaired) electrons. The highest BCUT2D eigenvalue weighted by Gasteiger charge is 2.60. The average molecular weight is 324 g/mol. The van der Waals surface area contributed by atoms with Gasteiger partial charge in [0.25, 0.3) is 0 Å². The van der Waals surface area contributed by atoms with E-state index in [1.165, 1.54) is 38.5 Å². The zero-order chi connectivity index (χ0) is 16.9. The molecule has 3 fully saturated rings. The van der Waals surface area contributed by atoms with Crippen LogP contribution in [-0.2, 0) is 14.3 Å². The molecule has 0 spiro atoms. The van der Waals surface area contributed by atoms with Crippen LogP contribution in [0.4, 0.5) is 0 Å². The Kier molecular flexibility index (Phi) is 4.29. The standard InChI is InChI=1S/C19H32O4/c1-17(2,3)23-16(20)11-22-18(4,21)12-19-9-8-13(10-19)14-6-5-7-15(14)19/h13-15,21H,5-12H2,1-4H3. The second-order valence-corrected chi connectivity index (χ2v) is 9.29. The maximum atomic E-state index is 11.8. The van der Waals surface area contributed by atoms with Gasteiger partial charge in [0.2, 0.25) is 0 Å². The Bertz CT molecular complexity index is 464. The highest BCUT2D eigenvalue weighted by molar-refractivity contribution is 5.71. The monoisotopic (exact) mass is 324 g/mol. The zero-order valence-corrected chi connectivity index (χ0v) is 15.1. The number of carbonyl (C=O) groups is 1. The van der Waals surface area contributed by atoms with Crippen molar-refractivity contribution < 1.29 is 19.4 Å². The van der Waals surface area contributed by atoms with E-state index < -0.39 is 17.4 Å². The summed E-state index contributed by atoms with van der Waals surface area (Å²) < 4.78 is 10.8. The minimum Gasteiger partial charge on any atom is -0.458 e. The van der Waals surface area contributed by atoms with Crippen molar-refractivity contribution in [1.82, 2.24) is 0 Å². The Balaban J connectivity index is 1.57. The number of carbonyl (C=O) groups excluding carboxylic acids is 1. The number of fused-ring (bicyclic) bond motifs is 5. The van der Waals surface area contributed by atoms with Gasteiger partial charge in [0.05, 0.1) is 0 Å². The van der Waals surface area contributed by atoms with Gasteiger partial charge in [-0.2, -0.15) is 0 Å². The van der Waals surface area contributed by atoms with Crippen molar-refractivity contribution in [3.8, 4) is 0 Å². The summed E-state index contributed by atoms with van der Waals surface area (Å²) in [6.45, 7) is 7.03.